The predicted molar refractivity (Wildman–Crippen MR) is 80.2 cm³/mol. The van der Waals surface area contributed by atoms with E-state index in [-0.39, 0.29) is 23.7 Å². The number of carbonyl (C=O) groups excluding carboxylic acids is 1. The van der Waals surface area contributed by atoms with Crippen molar-refractivity contribution < 1.29 is 9.18 Å². The number of rotatable bonds is 3. The van der Waals surface area contributed by atoms with Gasteiger partial charge in [0.1, 0.15) is 11.9 Å². The number of hydrogen-bond donors (Lipinski definition) is 0. The topological polar surface area (TPSA) is 47.3 Å². The van der Waals surface area contributed by atoms with Crippen LogP contribution in [-0.2, 0) is 4.79 Å². The first-order chi connectivity index (χ1) is 10.6. The molecule has 0 aromatic heterocycles. The van der Waals surface area contributed by atoms with Gasteiger partial charge in [-0.25, -0.2) is 4.39 Å². The average Bonchev–Trinajstić information content (AvgIpc) is 3.27. The van der Waals surface area contributed by atoms with Crippen LogP contribution < -0.4 is 0 Å². The van der Waals surface area contributed by atoms with Gasteiger partial charge in [-0.05, 0) is 30.0 Å². The maximum atomic E-state index is 13.0. The Hall–Kier alpha value is -1.93. The fourth-order valence-electron chi connectivity index (χ4n) is 3.11. The van der Waals surface area contributed by atoms with E-state index >= 15 is 0 Å². The summed E-state index contributed by atoms with van der Waals surface area (Å²) < 4.78 is 13.0. The number of nitrogens with zero attached hydrogens (tertiary/aromatic N) is 3. The summed E-state index contributed by atoms with van der Waals surface area (Å²) in [5.41, 5.74) is 0.805. The molecular weight excluding hydrogens is 281 g/mol. The molecule has 1 aromatic rings. The van der Waals surface area contributed by atoms with Crippen LogP contribution in [-0.4, -0.2) is 41.9 Å². The highest BCUT2D eigenvalue weighted by molar-refractivity contribution is 5.81. The number of halogens is 1. The van der Waals surface area contributed by atoms with Crippen molar-refractivity contribution in [3.63, 3.8) is 0 Å². The molecule has 0 spiro atoms. The molecule has 1 aromatic carbocycles. The Morgan fingerprint density at radius 2 is 1.86 bits per heavy atom. The van der Waals surface area contributed by atoms with Crippen LogP contribution in [0.4, 0.5) is 4.39 Å². The lowest BCUT2D eigenvalue weighted by atomic mass is 10.1. The molecule has 0 bridgehead atoms. The third kappa shape index (κ3) is 2.97. The molecule has 2 fully saturated rings. The molecule has 1 saturated carbocycles. The Morgan fingerprint density at radius 3 is 2.36 bits per heavy atom. The number of benzene rings is 1. The van der Waals surface area contributed by atoms with Crippen molar-refractivity contribution in [3.8, 4) is 6.07 Å². The number of hydrogen-bond acceptors (Lipinski definition) is 3. The molecule has 22 heavy (non-hydrogen) atoms. The minimum absolute atomic E-state index is 0.218. The van der Waals surface area contributed by atoms with Gasteiger partial charge in [0, 0.05) is 32.1 Å². The lowest BCUT2D eigenvalue weighted by Gasteiger charge is -2.37. The summed E-state index contributed by atoms with van der Waals surface area (Å²) in [5, 5.41) is 9.44. The fraction of sp³-hybridized carbons (Fsp3) is 0.529. The highest BCUT2D eigenvalue weighted by Gasteiger charge is 2.42. The summed E-state index contributed by atoms with van der Waals surface area (Å²) >= 11 is 0. The summed E-state index contributed by atoms with van der Waals surface area (Å²) in [7, 11) is 0. The zero-order chi connectivity index (χ0) is 15.7. The van der Waals surface area contributed by atoms with Gasteiger partial charge in [0.15, 0.2) is 0 Å². The first-order valence-corrected chi connectivity index (χ1v) is 7.78. The Morgan fingerprint density at radius 1 is 1.27 bits per heavy atom. The Balaban J connectivity index is 1.61. The lowest BCUT2D eigenvalue weighted by Crippen LogP contribution is -2.50. The summed E-state index contributed by atoms with van der Waals surface area (Å²) in [6.07, 6.45) is 1.01. The van der Waals surface area contributed by atoms with Crippen molar-refractivity contribution in [2.75, 3.05) is 26.2 Å². The van der Waals surface area contributed by atoms with Crippen LogP contribution in [0.25, 0.3) is 0 Å². The van der Waals surface area contributed by atoms with Gasteiger partial charge in [0.2, 0.25) is 5.91 Å². The van der Waals surface area contributed by atoms with Gasteiger partial charge >= 0.3 is 0 Å². The van der Waals surface area contributed by atoms with E-state index in [1.54, 1.807) is 12.1 Å². The van der Waals surface area contributed by atoms with Crippen molar-refractivity contribution in [1.29, 1.82) is 5.26 Å². The van der Waals surface area contributed by atoms with Gasteiger partial charge in [-0.15, -0.1) is 0 Å². The third-order valence-electron chi connectivity index (χ3n) is 4.73. The highest BCUT2D eigenvalue weighted by Crippen LogP contribution is 2.39. The molecule has 3 atom stereocenters. The van der Waals surface area contributed by atoms with Gasteiger partial charge in [-0.3, -0.25) is 9.69 Å². The van der Waals surface area contributed by atoms with Crippen molar-refractivity contribution in [1.82, 2.24) is 9.80 Å². The Kier molecular flexibility index (Phi) is 4.12. The second kappa shape index (κ2) is 6.05. The highest BCUT2D eigenvalue weighted by atomic mass is 19.1. The van der Waals surface area contributed by atoms with Gasteiger partial charge < -0.3 is 4.90 Å². The molecule has 5 heteroatoms. The van der Waals surface area contributed by atoms with Crippen molar-refractivity contribution in [2.45, 2.75) is 19.4 Å². The molecular formula is C17H20FN3O. The van der Waals surface area contributed by atoms with Crippen molar-refractivity contribution >= 4 is 5.91 Å². The molecule has 4 nitrogen and oxygen atoms in total. The SMILES string of the molecule is C[C@@H]1C[C@@H]1C(=O)N1CCN([C@@H](C#N)c2ccc(F)cc2)CC1. The number of nitriles is 1. The first kappa shape index (κ1) is 15.0. The molecule has 1 amide bonds. The zero-order valence-electron chi connectivity index (χ0n) is 12.7. The summed E-state index contributed by atoms with van der Waals surface area (Å²) in [4.78, 5) is 16.2. The summed E-state index contributed by atoms with van der Waals surface area (Å²) in [5.74, 6) is 0.712. The zero-order valence-corrected chi connectivity index (χ0v) is 12.7. The standard InChI is InChI=1S/C17H20FN3O/c1-12-10-15(12)17(22)21-8-6-20(7-9-21)16(11-19)13-2-4-14(18)5-3-13/h2-5,12,15-16H,6-10H2,1H3/t12-,15+,16+/m1/s1. The molecule has 2 aliphatic rings. The largest absolute Gasteiger partial charge is 0.340 e. The molecule has 3 rings (SSSR count). The van der Waals surface area contributed by atoms with Crippen molar-refractivity contribution in [2.24, 2.45) is 11.8 Å². The van der Waals surface area contributed by atoms with Crippen LogP contribution in [0.2, 0.25) is 0 Å². The fourth-order valence-corrected chi connectivity index (χ4v) is 3.11. The number of piperazine rings is 1. The van der Waals surface area contributed by atoms with E-state index in [0.29, 0.717) is 32.1 Å². The quantitative estimate of drug-likeness (QED) is 0.860. The van der Waals surface area contributed by atoms with E-state index in [9.17, 15) is 14.4 Å². The number of carbonyl (C=O) groups is 1. The molecule has 0 radical (unpaired) electrons. The first-order valence-electron chi connectivity index (χ1n) is 7.78. The van der Waals surface area contributed by atoms with Crippen LogP contribution in [0.15, 0.2) is 24.3 Å². The third-order valence-corrected chi connectivity index (χ3v) is 4.73. The molecule has 116 valence electrons. The van der Waals surface area contributed by atoms with Gasteiger partial charge in [-0.2, -0.15) is 5.26 Å². The average molecular weight is 301 g/mol. The molecule has 1 heterocycles. The van der Waals surface area contributed by atoms with Crippen molar-refractivity contribution in [3.05, 3.63) is 35.6 Å². The molecule has 1 aliphatic carbocycles. The molecule has 1 saturated heterocycles. The van der Waals surface area contributed by atoms with Crippen LogP contribution in [0.5, 0.6) is 0 Å². The molecule has 0 unspecified atom stereocenters. The van der Waals surface area contributed by atoms with Gasteiger partial charge in [-0.1, -0.05) is 19.1 Å². The minimum Gasteiger partial charge on any atom is -0.340 e. The van der Waals surface area contributed by atoms with E-state index in [1.165, 1.54) is 12.1 Å². The molecule has 0 N–H and O–H groups in total. The van der Waals surface area contributed by atoms with E-state index in [4.69, 9.17) is 0 Å². The second-order valence-corrected chi connectivity index (χ2v) is 6.26. The lowest BCUT2D eigenvalue weighted by molar-refractivity contribution is -0.134. The Labute approximate surface area is 130 Å². The van der Waals surface area contributed by atoms with Gasteiger partial charge in [0.05, 0.1) is 6.07 Å². The number of amides is 1. The van der Waals surface area contributed by atoms with Crippen LogP contribution in [0.3, 0.4) is 0 Å². The summed E-state index contributed by atoms with van der Waals surface area (Å²) in [6, 6.07) is 8.00. The van der Waals surface area contributed by atoms with E-state index < -0.39 is 0 Å². The maximum Gasteiger partial charge on any atom is 0.226 e. The van der Waals surface area contributed by atoms with Crippen LogP contribution in [0.1, 0.15) is 24.9 Å². The van der Waals surface area contributed by atoms with E-state index in [2.05, 4.69) is 17.9 Å². The van der Waals surface area contributed by atoms with Crippen LogP contribution in [0, 0.1) is 29.0 Å². The predicted octanol–water partition coefficient (Wildman–Crippen LogP) is 2.19. The summed E-state index contributed by atoms with van der Waals surface area (Å²) in [6.45, 7) is 4.81. The Bertz CT molecular complexity index is 587. The maximum absolute atomic E-state index is 13.0. The normalized spacial score (nSPS) is 26.3. The van der Waals surface area contributed by atoms with E-state index in [0.717, 1.165) is 12.0 Å². The van der Waals surface area contributed by atoms with Crippen LogP contribution >= 0.6 is 0 Å². The molecule has 1 aliphatic heterocycles. The second-order valence-electron chi connectivity index (χ2n) is 6.26. The minimum atomic E-state index is -0.377. The van der Waals surface area contributed by atoms with E-state index in [1.807, 2.05) is 4.90 Å². The smallest absolute Gasteiger partial charge is 0.226 e. The monoisotopic (exact) mass is 301 g/mol. The van der Waals surface area contributed by atoms with Gasteiger partial charge in [0.25, 0.3) is 0 Å².